The second kappa shape index (κ2) is 13.7. The molecule has 0 amide bonds. The molecule has 3 aromatic rings. The first-order chi connectivity index (χ1) is 16.6. The van der Waals surface area contributed by atoms with Crippen LogP contribution in [0.3, 0.4) is 0 Å². The maximum atomic E-state index is 12.6. The number of carbonyl (C=O) groups excluding carboxylic acids is 1. The summed E-state index contributed by atoms with van der Waals surface area (Å²) in [6.07, 6.45) is 11.4. The van der Waals surface area contributed by atoms with Crippen molar-refractivity contribution in [1.29, 1.82) is 0 Å². The van der Waals surface area contributed by atoms with Gasteiger partial charge in [0.1, 0.15) is 5.75 Å². The Hall–Kier alpha value is -2.87. The third-order valence-electron chi connectivity index (χ3n) is 6.61. The molecule has 0 N–H and O–H groups in total. The number of carbonyl (C=O) groups is 1. The van der Waals surface area contributed by atoms with E-state index in [4.69, 9.17) is 4.74 Å². The molecule has 3 aromatic carbocycles. The van der Waals surface area contributed by atoms with Gasteiger partial charge in [0.2, 0.25) is 0 Å². The van der Waals surface area contributed by atoms with Gasteiger partial charge < -0.3 is 4.74 Å². The summed E-state index contributed by atoms with van der Waals surface area (Å²) in [6.45, 7) is 6.69. The van der Waals surface area contributed by atoms with Gasteiger partial charge in [-0.15, -0.1) is 0 Å². The van der Waals surface area contributed by atoms with Crippen LogP contribution in [0.15, 0.2) is 72.8 Å². The average Bonchev–Trinajstić information content (AvgIpc) is 2.87. The molecule has 0 aliphatic rings. The molecule has 0 saturated heterocycles. The van der Waals surface area contributed by atoms with Crippen LogP contribution in [0.5, 0.6) is 5.75 Å². The van der Waals surface area contributed by atoms with Crippen molar-refractivity contribution in [2.75, 3.05) is 0 Å². The van der Waals surface area contributed by atoms with Gasteiger partial charge in [-0.05, 0) is 71.7 Å². The van der Waals surface area contributed by atoms with E-state index in [1.807, 2.05) is 36.4 Å². The van der Waals surface area contributed by atoms with Gasteiger partial charge >= 0.3 is 5.97 Å². The fourth-order valence-corrected chi connectivity index (χ4v) is 4.40. The molecule has 3 rings (SSSR count). The molecule has 180 valence electrons. The lowest BCUT2D eigenvalue weighted by atomic mass is 9.97. The van der Waals surface area contributed by atoms with Crippen molar-refractivity contribution in [2.45, 2.75) is 84.5 Å². The molecule has 0 aromatic heterocycles. The zero-order chi connectivity index (χ0) is 24.2. The second-order valence-corrected chi connectivity index (χ2v) is 9.44. The number of hydrogen-bond acceptors (Lipinski definition) is 2. The first kappa shape index (κ1) is 25.7. The first-order valence-corrected chi connectivity index (χ1v) is 13.1. The van der Waals surface area contributed by atoms with E-state index >= 15 is 0 Å². The van der Waals surface area contributed by atoms with E-state index in [2.05, 4.69) is 57.2 Å². The van der Waals surface area contributed by atoms with Crippen molar-refractivity contribution in [1.82, 2.24) is 0 Å². The van der Waals surface area contributed by atoms with Crippen LogP contribution in [0, 0.1) is 0 Å². The monoisotopic (exact) mass is 456 g/mol. The van der Waals surface area contributed by atoms with Gasteiger partial charge in [-0.25, -0.2) is 4.79 Å². The molecule has 0 radical (unpaired) electrons. The van der Waals surface area contributed by atoms with Crippen LogP contribution in [-0.2, 0) is 6.42 Å². The number of ether oxygens (including phenoxy) is 1. The Morgan fingerprint density at radius 2 is 1.29 bits per heavy atom. The molecule has 2 heteroatoms. The smallest absolute Gasteiger partial charge is 0.343 e. The molecule has 0 aliphatic heterocycles. The summed E-state index contributed by atoms with van der Waals surface area (Å²) in [6, 6.07) is 24.4. The van der Waals surface area contributed by atoms with Crippen LogP contribution in [0.1, 0.15) is 99.5 Å². The molecule has 34 heavy (non-hydrogen) atoms. The van der Waals surface area contributed by atoms with Gasteiger partial charge in [-0.2, -0.15) is 0 Å². The minimum atomic E-state index is -0.324. The molecular weight excluding hydrogens is 416 g/mol. The Morgan fingerprint density at radius 3 is 1.91 bits per heavy atom. The Labute approximate surface area is 206 Å². The highest BCUT2D eigenvalue weighted by Gasteiger charge is 2.10. The van der Waals surface area contributed by atoms with Crippen LogP contribution in [0.2, 0.25) is 0 Å². The summed E-state index contributed by atoms with van der Waals surface area (Å²) in [5.74, 6) is 0.782. The fraction of sp³-hybridized carbons (Fsp3) is 0.406. The minimum Gasteiger partial charge on any atom is -0.423 e. The van der Waals surface area contributed by atoms with Crippen molar-refractivity contribution < 1.29 is 9.53 Å². The van der Waals surface area contributed by atoms with Gasteiger partial charge in [-0.3, -0.25) is 0 Å². The van der Waals surface area contributed by atoms with Crippen LogP contribution >= 0.6 is 0 Å². The second-order valence-electron chi connectivity index (χ2n) is 9.44. The predicted octanol–water partition coefficient (Wildman–Crippen LogP) is 9.38. The highest BCUT2D eigenvalue weighted by Crippen LogP contribution is 2.24. The van der Waals surface area contributed by atoms with E-state index in [0.29, 0.717) is 17.2 Å². The summed E-state index contributed by atoms with van der Waals surface area (Å²) < 4.78 is 5.59. The summed E-state index contributed by atoms with van der Waals surface area (Å²) in [5, 5.41) is 0. The summed E-state index contributed by atoms with van der Waals surface area (Å²) >= 11 is 0. The summed E-state index contributed by atoms with van der Waals surface area (Å²) in [7, 11) is 0. The van der Waals surface area contributed by atoms with Crippen molar-refractivity contribution in [3.05, 3.63) is 89.5 Å². The fourth-order valence-electron chi connectivity index (χ4n) is 4.40. The standard InChI is InChI=1S/C32H40O2/c1-4-6-7-8-9-10-12-26-13-15-28(16-14-26)29-17-19-30(20-18-29)32(33)34-31-23-21-27(22-24-31)25(3)11-5-2/h13-25H,4-12H2,1-3H3. The highest BCUT2D eigenvalue weighted by atomic mass is 16.5. The minimum absolute atomic E-state index is 0.324. The van der Waals surface area contributed by atoms with E-state index in [0.717, 1.165) is 24.8 Å². The third kappa shape index (κ3) is 7.87. The van der Waals surface area contributed by atoms with Crippen LogP contribution in [0.4, 0.5) is 0 Å². The first-order valence-electron chi connectivity index (χ1n) is 13.1. The lowest BCUT2D eigenvalue weighted by Crippen LogP contribution is -2.08. The maximum Gasteiger partial charge on any atom is 0.343 e. The predicted molar refractivity (Wildman–Crippen MR) is 144 cm³/mol. The summed E-state index contributed by atoms with van der Waals surface area (Å²) in [5.41, 5.74) is 5.52. The Balaban J connectivity index is 1.51. The summed E-state index contributed by atoms with van der Waals surface area (Å²) in [4.78, 5) is 12.6. The van der Waals surface area contributed by atoms with Gasteiger partial charge in [0.05, 0.1) is 5.56 Å². The zero-order valence-electron chi connectivity index (χ0n) is 21.2. The Kier molecular flexibility index (Phi) is 10.4. The maximum absolute atomic E-state index is 12.6. The van der Waals surface area contributed by atoms with Crippen LogP contribution in [0.25, 0.3) is 11.1 Å². The molecule has 0 heterocycles. The molecule has 1 atom stereocenters. The Bertz CT molecular complexity index is 985. The van der Waals surface area contributed by atoms with Crippen molar-refractivity contribution in [2.24, 2.45) is 0 Å². The highest BCUT2D eigenvalue weighted by molar-refractivity contribution is 5.91. The van der Waals surface area contributed by atoms with Gasteiger partial charge in [-0.1, -0.05) is 108 Å². The lowest BCUT2D eigenvalue weighted by molar-refractivity contribution is 0.0734. The van der Waals surface area contributed by atoms with Crippen molar-refractivity contribution in [3.63, 3.8) is 0 Å². The Morgan fingerprint density at radius 1 is 0.706 bits per heavy atom. The van der Waals surface area contributed by atoms with E-state index in [1.54, 1.807) is 0 Å². The topological polar surface area (TPSA) is 26.3 Å². The number of hydrogen-bond donors (Lipinski definition) is 0. The number of rotatable bonds is 13. The molecular formula is C32H40O2. The largest absolute Gasteiger partial charge is 0.423 e. The zero-order valence-corrected chi connectivity index (χ0v) is 21.2. The quantitative estimate of drug-likeness (QED) is 0.145. The number of aryl methyl sites for hydroxylation is 1. The lowest BCUT2D eigenvalue weighted by Gasteiger charge is -2.11. The molecule has 0 bridgehead atoms. The van der Waals surface area contributed by atoms with Crippen molar-refractivity contribution in [3.8, 4) is 16.9 Å². The molecule has 0 aliphatic carbocycles. The molecule has 0 fully saturated rings. The van der Waals surface area contributed by atoms with Gasteiger partial charge in [0.15, 0.2) is 0 Å². The van der Waals surface area contributed by atoms with E-state index in [1.165, 1.54) is 55.2 Å². The number of esters is 1. The van der Waals surface area contributed by atoms with Gasteiger partial charge in [0.25, 0.3) is 0 Å². The molecule has 0 saturated carbocycles. The third-order valence-corrected chi connectivity index (χ3v) is 6.61. The van der Waals surface area contributed by atoms with E-state index < -0.39 is 0 Å². The number of benzene rings is 3. The van der Waals surface area contributed by atoms with Crippen LogP contribution < -0.4 is 4.74 Å². The molecule has 0 spiro atoms. The molecule has 1 unspecified atom stereocenters. The average molecular weight is 457 g/mol. The van der Waals surface area contributed by atoms with E-state index in [-0.39, 0.29) is 5.97 Å². The van der Waals surface area contributed by atoms with Crippen molar-refractivity contribution >= 4 is 5.97 Å². The SMILES string of the molecule is CCCCCCCCc1ccc(-c2ccc(C(=O)Oc3ccc(C(C)CCC)cc3)cc2)cc1. The van der Waals surface area contributed by atoms with E-state index in [9.17, 15) is 4.79 Å². The normalized spacial score (nSPS) is 11.9. The van der Waals surface area contributed by atoms with Gasteiger partial charge in [0, 0.05) is 0 Å². The molecule has 2 nitrogen and oxygen atoms in total. The van der Waals surface area contributed by atoms with Crippen LogP contribution in [-0.4, -0.2) is 5.97 Å². The number of unbranched alkanes of at least 4 members (excludes halogenated alkanes) is 5.